The van der Waals surface area contributed by atoms with Gasteiger partial charge in [-0.3, -0.25) is 0 Å². The highest BCUT2D eigenvalue weighted by Crippen LogP contribution is 2.28. The molecule has 152 valence electrons. The standard InChI is InChI=1S/C22H19BrClN5O/c23-15-3-8-19-18(14-15)26-21(20-2-1-9-29(19)20)27-10-12-28(13-11-27)22(30)25-17-6-4-16(24)5-7-17/h1-9,14H,10-13H2,(H,25,30). The molecule has 0 spiro atoms. The molecule has 2 aromatic carbocycles. The molecule has 30 heavy (non-hydrogen) atoms. The van der Waals surface area contributed by atoms with Crippen molar-refractivity contribution >= 4 is 61.6 Å². The Bertz CT molecular complexity index is 1230. The molecule has 1 fully saturated rings. The number of carbonyl (C=O) groups is 1. The van der Waals surface area contributed by atoms with Crippen LogP contribution < -0.4 is 10.2 Å². The molecule has 0 bridgehead atoms. The Kier molecular flexibility index (Phi) is 5.00. The van der Waals surface area contributed by atoms with Gasteiger partial charge in [-0.05, 0) is 54.6 Å². The third-order valence-electron chi connectivity index (χ3n) is 5.36. The van der Waals surface area contributed by atoms with Crippen LogP contribution in [-0.4, -0.2) is 46.5 Å². The topological polar surface area (TPSA) is 52.9 Å². The maximum atomic E-state index is 12.6. The number of hydrogen-bond donors (Lipinski definition) is 1. The van der Waals surface area contributed by atoms with E-state index in [0.29, 0.717) is 18.1 Å². The number of hydrogen-bond acceptors (Lipinski definition) is 3. The minimum atomic E-state index is -0.0970. The van der Waals surface area contributed by atoms with Crippen molar-refractivity contribution in [1.29, 1.82) is 0 Å². The Balaban J connectivity index is 1.35. The number of benzene rings is 2. The predicted molar refractivity (Wildman–Crippen MR) is 125 cm³/mol. The highest BCUT2D eigenvalue weighted by molar-refractivity contribution is 9.10. The van der Waals surface area contributed by atoms with E-state index >= 15 is 0 Å². The summed E-state index contributed by atoms with van der Waals surface area (Å²) in [5.74, 6) is 0.948. The first-order valence-corrected chi connectivity index (χ1v) is 10.9. The number of rotatable bonds is 2. The molecule has 0 radical (unpaired) electrons. The van der Waals surface area contributed by atoms with Gasteiger partial charge in [0, 0.05) is 47.6 Å². The predicted octanol–water partition coefficient (Wildman–Crippen LogP) is 5.26. The Morgan fingerprint density at radius 3 is 2.53 bits per heavy atom. The Hall–Kier alpha value is -2.77. The first kappa shape index (κ1) is 19.2. The fraction of sp³-hybridized carbons (Fsp3) is 0.182. The summed E-state index contributed by atoms with van der Waals surface area (Å²) in [7, 11) is 0. The van der Waals surface area contributed by atoms with Crippen LogP contribution in [0.15, 0.2) is 65.3 Å². The highest BCUT2D eigenvalue weighted by Gasteiger charge is 2.24. The number of piperazine rings is 1. The van der Waals surface area contributed by atoms with Gasteiger partial charge < -0.3 is 19.5 Å². The molecule has 1 aliphatic heterocycles. The average Bonchev–Trinajstić information content (AvgIpc) is 3.25. The number of carbonyl (C=O) groups excluding carboxylic acids is 1. The zero-order chi connectivity index (χ0) is 20.7. The van der Waals surface area contributed by atoms with Gasteiger partial charge in [0.1, 0.15) is 0 Å². The summed E-state index contributed by atoms with van der Waals surface area (Å²) in [4.78, 5) is 21.6. The van der Waals surface area contributed by atoms with Crippen molar-refractivity contribution < 1.29 is 4.79 Å². The van der Waals surface area contributed by atoms with Crippen molar-refractivity contribution in [3.05, 3.63) is 70.3 Å². The van der Waals surface area contributed by atoms with E-state index in [-0.39, 0.29) is 6.03 Å². The van der Waals surface area contributed by atoms with E-state index in [1.54, 1.807) is 24.3 Å². The Morgan fingerprint density at radius 2 is 1.77 bits per heavy atom. The zero-order valence-electron chi connectivity index (χ0n) is 16.1. The second kappa shape index (κ2) is 7.81. The largest absolute Gasteiger partial charge is 0.351 e. The van der Waals surface area contributed by atoms with Crippen LogP contribution in [0.4, 0.5) is 16.3 Å². The van der Waals surface area contributed by atoms with Gasteiger partial charge in [0.05, 0.1) is 16.6 Å². The molecule has 0 unspecified atom stereocenters. The molecule has 2 aromatic heterocycles. The molecular weight excluding hydrogens is 466 g/mol. The molecule has 8 heteroatoms. The first-order chi connectivity index (χ1) is 14.6. The SMILES string of the molecule is O=C(Nc1ccc(Cl)cc1)N1CCN(c2nc3cc(Br)ccc3n3cccc23)CC1. The summed E-state index contributed by atoms with van der Waals surface area (Å²) in [6, 6.07) is 17.3. The number of halogens is 2. The molecule has 5 rings (SSSR count). The molecule has 1 aliphatic rings. The number of amides is 2. The summed E-state index contributed by atoms with van der Waals surface area (Å²) >= 11 is 9.45. The molecule has 1 N–H and O–H groups in total. The maximum absolute atomic E-state index is 12.6. The second-order valence-electron chi connectivity index (χ2n) is 7.24. The lowest BCUT2D eigenvalue weighted by Gasteiger charge is -2.35. The van der Waals surface area contributed by atoms with E-state index < -0.39 is 0 Å². The Morgan fingerprint density at radius 1 is 1.00 bits per heavy atom. The third kappa shape index (κ3) is 3.59. The molecule has 0 saturated carbocycles. The van der Waals surface area contributed by atoms with Gasteiger partial charge in [-0.1, -0.05) is 27.5 Å². The van der Waals surface area contributed by atoms with E-state index in [4.69, 9.17) is 16.6 Å². The van der Waals surface area contributed by atoms with Crippen molar-refractivity contribution in [2.24, 2.45) is 0 Å². The van der Waals surface area contributed by atoms with E-state index in [1.165, 1.54) is 0 Å². The van der Waals surface area contributed by atoms with E-state index in [9.17, 15) is 4.79 Å². The zero-order valence-corrected chi connectivity index (χ0v) is 18.4. The maximum Gasteiger partial charge on any atom is 0.321 e. The minimum absolute atomic E-state index is 0.0970. The molecule has 4 aromatic rings. The fourth-order valence-corrected chi connectivity index (χ4v) is 4.30. The third-order valence-corrected chi connectivity index (χ3v) is 6.11. The van der Waals surface area contributed by atoms with Gasteiger partial charge in [-0.15, -0.1) is 0 Å². The summed E-state index contributed by atoms with van der Waals surface area (Å²) in [6.07, 6.45) is 2.06. The molecule has 0 aliphatic carbocycles. The van der Waals surface area contributed by atoms with Crippen LogP contribution in [0.3, 0.4) is 0 Å². The van der Waals surface area contributed by atoms with Crippen LogP contribution in [0.1, 0.15) is 0 Å². The van der Waals surface area contributed by atoms with Crippen LogP contribution >= 0.6 is 27.5 Å². The quantitative estimate of drug-likeness (QED) is 0.422. The average molecular weight is 485 g/mol. The lowest BCUT2D eigenvalue weighted by Crippen LogP contribution is -2.50. The number of anilines is 2. The van der Waals surface area contributed by atoms with E-state index in [0.717, 1.165) is 45.6 Å². The van der Waals surface area contributed by atoms with Gasteiger partial charge >= 0.3 is 6.03 Å². The number of nitrogens with one attached hydrogen (secondary N) is 1. The molecular formula is C22H19BrClN5O. The van der Waals surface area contributed by atoms with Gasteiger partial charge in [-0.25, -0.2) is 9.78 Å². The van der Waals surface area contributed by atoms with Crippen LogP contribution in [0, 0.1) is 0 Å². The van der Waals surface area contributed by atoms with Gasteiger partial charge in [-0.2, -0.15) is 0 Å². The van der Waals surface area contributed by atoms with Crippen molar-refractivity contribution in [3.8, 4) is 0 Å². The molecule has 2 amide bonds. The van der Waals surface area contributed by atoms with E-state index in [1.807, 2.05) is 23.1 Å². The lowest BCUT2D eigenvalue weighted by molar-refractivity contribution is 0.208. The highest BCUT2D eigenvalue weighted by atomic mass is 79.9. The van der Waals surface area contributed by atoms with Crippen molar-refractivity contribution in [2.75, 3.05) is 36.4 Å². The first-order valence-electron chi connectivity index (χ1n) is 9.71. The molecule has 6 nitrogen and oxygen atoms in total. The van der Waals surface area contributed by atoms with E-state index in [2.05, 4.69) is 48.9 Å². The summed E-state index contributed by atoms with van der Waals surface area (Å²) in [5, 5.41) is 3.58. The second-order valence-corrected chi connectivity index (χ2v) is 8.60. The van der Waals surface area contributed by atoms with Gasteiger partial charge in [0.25, 0.3) is 0 Å². The molecule has 0 atom stereocenters. The van der Waals surface area contributed by atoms with Crippen LogP contribution in [0.5, 0.6) is 0 Å². The van der Waals surface area contributed by atoms with Crippen molar-refractivity contribution in [1.82, 2.24) is 14.3 Å². The normalized spacial score (nSPS) is 14.5. The minimum Gasteiger partial charge on any atom is -0.351 e. The van der Waals surface area contributed by atoms with Crippen LogP contribution in [-0.2, 0) is 0 Å². The molecule has 1 saturated heterocycles. The monoisotopic (exact) mass is 483 g/mol. The van der Waals surface area contributed by atoms with Crippen LogP contribution in [0.25, 0.3) is 16.6 Å². The van der Waals surface area contributed by atoms with Crippen molar-refractivity contribution in [2.45, 2.75) is 0 Å². The van der Waals surface area contributed by atoms with Gasteiger partial charge in [0.15, 0.2) is 5.82 Å². The molecule has 3 heterocycles. The summed E-state index contributed by atoms with van der Waals surface area (Å²) in [6.45, 7) is 2.71. The number of aromatic nitrogens is 2. The fourth-order valence-electron chi connectivity index (χ4n) is 3.82. The smallest absolute Gasteiger partial charge is 0.321 e. The number of fused-ring (bicyclic) bond motifs is 3. The lowest BCUT2D eigenvalue weighted by atomic mass is 10.2. The number of urea groups is 1. The van der Waals surface area contributed by atoms with Gasteiger partial charge in [0.2, 0.25) is 0 Å². The summed E-state index contributed by atoms with van der Waals surface area (Å²) in [5.41, 5.74) is 3.82. The number of nitrogens with zero attached hydrogens (tertiary/aromatic N) is 4. The summed E-state index contributed by atoms with van der Waals surface area (Å²) < 4.78 is 3.17. The van der Waals surface area contributed by atoms with Crippen LogP contribution in [0.2, 0.25) is 5.02 Å². The van der Waals surface area contributed by atoms with Crippen molar-refractivity contribution in [3.63, 3.8) is 0 Å². The Labute approximate surface area is 187 Å².